The molecule has 0 atom stereocenters. The Hall–Kier alpha value is -1.82. The molecule has 112 valence electrons. The van der Waals surface area contributed by atoms with Crippen molar-refractivity contribution in [1.82, 2.24) is 15.2 Å². The van der Waals surface area contributed by atoms with Gasteiger partial charge in [0.25, 0.3) is 0 Å². The first-order valence-corrected chi connectivity index (χ1v) is 8.23. The van der Waals surface area contributed by atoms with E-state index in [1.807, 2.05) is 23.1 Å². The molecule has 0 saturated carbocycles. The van der Waals surface area contributed by atoms with Crippen molar-refractivity contribution in [3.63, 3.8) is 0 Å². The number of urea groups is 1. The van der Waals surface area contributed by atoms with E-state index in [0.29, 0.717) is 0 Å². The summed E-state index contributed by atoms with van der Waals surface area (Å²) in [5.41, 5.74) is 1.06. The summed E-state index contributed by atoms with van der Waals surface area (Å²) in [6.45, 7) is 6.01. The molecule has 1 saturated heterocycles. The summed E-state index contributed by atoms with van der Waals surface area (Å²) in [5, 5.41) is 3.99. The number of hydrogen-bond donors (Lipinski definition) is 1. The van der Waals surface area contributed by atoms with Gasteiger partial charge >= 0.3 is 6.03 Å². The van der Waals surface area contributed by atoms with Gasteiger partial charge in [-0.1, -0.05) is 30.4 Å². The highest BCUT2D eigenvalue weighted by Gasteiger charge is 2.22. The van der Waals surface area contributed by atoms with Crippen LogP contribution in [0.5, 0.6) is 0 Å². The molecule has 0 radical (unpaired) electrons. The van der Waals surface area contributed by atoms with Crippen molar-refractivity contribution in [2.45, 2.75) is 13.3 Å². The van der Waals surface area contributed by atoms with E-state index < -0.39 is 0 Å². The smallest absolute Gasteiger partial charge is 0.317 e. The minimum absolute atomic E-state index is 0.0563. The molecule has 1 aromatic heterocycles. The van der Waals surface area contributed by atoms with E-state index in [2.05, 4.69) is 28.2 Å². The molecule has 0 unspecified atom stereocenters. The number of carbonyl (C=O) groups excluding carboxylic acids is 1. The number of fused-ring (bicyclic) bond motifs is 1. The number of aromatic nitrogens is 1. The van der Waals surface area contributed by atoms with Crippen LogP contribution >= 0.6 is 11.3 Å². The second-order valence-corrected chi connectivity index (χ2v) is 6.18. The molecule has 5 nitrogen and oxygen atoms in total. The third-order valence-electron chi connectivity index (χ3n) is 3.65. The normalized spacial score (nSPS) is 15.5. The first-order valence-electron chi connectivity index (χ1n) is 7.41. The van der Waals surface area contributed by atoms with Crippen LogP contribution in [0.1, 0.15) is 13.3 Å². The summed E-state index contributed by atoms with van der Waals surface area (Å²) in [6.07, 6.45) is 0.970. The maximum atomic E-state index is 11.9. The van der Waals surface area contributed by atoms with Crippen LogP contribution in [0.2, 0.25) is 0 Å². The highest BCUT2D eigenvalue weighted by molar-refractivity contribution is 7.22. The molecule has 1 aliphatic rings. The molecule has 1 aromatic carbocycles. The largest absolute Gasteiger partial charge is 0.345 e. The molecule has 6 heteroatoms. The van der Waals surface area contributed by atoms with Crippen LogP contribution in [0.15, 0.2) is 24.3 Å². The van der Waals surface area contributed by atoms with Crippen LogP contribution < -0.4 is 10.2 Å². The van der Waals surface area contributed by atoms with Crippen molar-refractivity contribution in [3.8, 4) is 0 Å². The van der Waals surface area contributed by atoms with E-state index in [0.717, 1.165) is 49.8 Å². The molecule has 0 spiro atoms. The van der Waals surface area contributed by atoms with Crippen LogP contribution in [0.3, 0.4) is 0 Å². The number of amides is 2. The Morgan fingerprint density at radius 1 is 1.29 bits per heavy atom. The lowest BCUT2D eigenvalue weighted by atomic mass is 10.3. The molecular formula is C15H20N4OS. The molecule has 2 aromatic rings. The van der Waals surface area contributed by atoms with Crippen molar-refractivity contribution in [2.75, 3.05) is 37.6 Å². The molecule has 2 heterocycles. The van der Waals surface area contributed by atoms with Gasteiger partial charge in [0, 0.05) is 32.7 Å². The van der Waals surface area contributed by atoms with E-state index in [-0.39, 0.29) is 6.03 Å². The standard InChI is InChI=1S/C15H20N4OS/c1-2-7-16-14(20)18-8-10-19(11-9-18)15-17-12-5-3-4-6-13(12)21-15/h3-6H,2,7-11H2,1H3,(H,16,20). The van der Waals surface area contributed by atoms with Crippen molar-refractivity contribution in [3.05, 3.63) is 24.3 Å². The predicted molar refractivity (Wildman–Crippen MR) is 87.1 cm³/mol. The van der Waals surface area contributed by atoms with Crippen molar-refractivity contribution in [2.24, 2.45) is 0 Å². The molecule has 1 N–H and O–H groups in total. The maximum Gasteiger partial charge on any atom is 0.317 e. The lowest BCUT2D eigenvalue weighted by Gasteiger charge is -2.34. The number of hydrogen-bond acceptors (Lipinski definition) is 4. The highest BCUT2D eigenvalue weighted by atomic mass is 32.1. The van der Waals surface area contributed by atoms with E-state index in [1.54, 1.807) is 11.3 Å². The van der Waals surface area contributed by atoms with Gasteiger partial charge in [-0.15, -0.1) is 0 Å². The zero-order chi connectivity index (χ0) is 14.7. The van der Waals surface area contributed by atoms with Gasteiger partial charge in [-0.2, -0.15) is 0 Å². The molecule has 1 fully saturated rings. The molecule has 0 aliphatic carbocycles. The zero-order valence-electron chi connectivity index (χ0n) is 12.2. The fraction of sp³-hybridized carbons (Fsp3) is 0.467. The number of benzene rings is 1. The Bertz CT molecular complexity index is 586. The number of nitrogens with one attached hydrogen (secondary N) is 1. The topological polar surface area (TPSA) is 48.5 Å². The number of nitrogens with zero attached hydrogens (tertiary/aromatic N) is 3. The lowest BCUT2D eigenvalue weighted by Crippen LogP contribution is -2.52. The second kappa shape index (κ2) is 6.30. The van der Waals surface area contributed by atoms with Gasteiger partial charge < -0.3 is 15.1 Å². The van der Waals surface area contributed by atoms with Gasteiger partial charge in [-0.05, 0) is 18.6 Å². The molecule has 3 rings (SSSR count). The molecule has 1 aliphatic heterocycles. The Labute approximate surface area is 128 Å². The zero-order valence-corrected chi connectivity index (χ0v) is 13.0. The van der Waals surface area contributed by atoms with Crippen molar-refractivity contribution in [1.29, 1.82) is 0 Å². The first-order chi connectivity index (χ1) is 10.3. The molecule has 2 amide bonds. The van der Waals surface area contributed by atoms with E-state index in [4.69, 9.17) is 0 Å². The summed E-state index contributed by atoms with van der Waals surface area (Å²) in [6, 6.07) is 8.26. The Morgan fingerprint density at radius 3 is 2.76 bits per heavy atom. The number of thiazole rings is 1. The predicted octanol–water partition coefficient (Wildman–Crippen LogP) is 2.54. The first kappa shape index (κ1) is 14.1. The summed E-state index contributed by atoms with van der Waals surface area (Å²) in [7, 11) is 0. The van der Waals surface area contributed by atoms with Gasteiger partial charge in [0.2, 0.25) is 0 Å². The average molecular weight is 304 g/mol. The number of para-hydroxylation sites is 1. The van der Waals surface area contributed by atoms with Crippen LogP contribution in [0.25, 0.3) is 10.2 Å². The fourth-order valence-electron chi connectivity index (χ4n) is 2.44. The van der Waals surface area contributed by atoms with Gasteiger partial charge in [0.15, 0.2) is 5.13 Å². The SMILES string of the molecule is CCCNC(=O)N1CCN(c2nc3ccccc3s2)CC1. The van der Waals surface area contributed by atoms with E-state index in [1.165, 1.54) is 4.70 Å². The minimum atomic E-state index is 0.0563. The van der Waals surface area contributed by atoms with Crippen molar-refractivity contribution < 1.29 is 4.79 Å². The third-order valence-corrected chi connectivity index (χ3v) is 4.74. The quantitative estimate of drug-likeness (QED) is 0.948. The van der Waals surface area contributed by atoms with E-state index >= 15 is 0 Å². The summed E-state index contributed by atoms with van der Waals surface area (Å²) < 4.78 is 1.22. The molecular weight excluding hydrogens is 284 g/mol. The van der Waals surface area contributed by atoms with Crippen LogP contribution in [-0.4, -0.2) is 48.6 Å². The van der Waals surface area contributed by atoms with Crippen molar-refractivity contribution >= 4 is 32.7 Å². The molecule has 0 bridgehead atoms. The number of anilines is 1. The van der Waals surface area contributed by atoms with E-state index in [9.17, 15) is 4.79 Å². The summed E-state index contributed by atoms with van der Waals surface area (Å²) >= 11 is 1.72. The number of carbonyl (C=O) groups is 1. The monoisotopic (exact) mass is 304 g/mol. The maximum absolute atomic E-state index is 11.9. The van der Waals surface area contributed by atoms with Gasteiger partial charge in [-0.25, -0.2) is 9.78 Å². The Kier molecular flexibility index (Phi) is 4.24. The summed E-state index contributed by atoms with van der Waals surface area (Å²) in [5.74, 6) is 0. The lowest BCUT2D eigenvalue weighted by molar-refractivity contribution is 0.194. The van der Waals surface area contributed by atoms with Gasteiger partial charge in [0.05, 0.1) is 10.2 Å². The number of piperazine rings is 1. The average Bonchev–Trinajstić information content (AvgIpc) is 2.96. The number of rotatable bonds is 3. The molecule has 21 heavy (non-hydrogen) atoms. The fourth-order valence-corrected chi connectivity index (χ4v) is 3.46. The highest BCUT2D eigenvalue weighted by Crippen LogP contribution is 2.29. The minimum Gasteiger partial charge on any atom is -0.345 e. The third kappa shape index (κ3) is 3.10. The summed E-state index contributed by atoms with van der Waals surface area (Å²) in [4.78, 5) is 20.8. The second-order valence-electron chi connectivity index (χ2n) is 5.17. The van der Waals surface area contributed by atoms with Crippen LogP contribution in [-0.2, 0) is 0 Å². The Morgan fingerprint density at radius 2 is 2.05 bits per heavy atom. The van der Waals surface area contributed by atoms with Crippen LogP contribution in [0.4, 0.5) is 9.93 Å². The van der Waals surface area contributed by atoms with Gasteiger partial charge in [-0.3, -0.25) is 0 Å². The Balaban J connectivity index is 1.61. The van der Waals surface area contributed by atoms with Crippen LogP contribution in [0, 0.1) is 0 Å². The van der Waals surface area contributed by atoms with Gasteiger partial charge in [0.1, 0.15) is 0 Å².